The molecule has 0 atom stereocenters. The first-order valence-electron chi connectivity index (χ1n) is 9.32. The molecule has 1 amide bonds. The number of carbonyl (C=O) groups excluding carboxylic acids is 1. The zero-order valence-electron chi connectivity index (χ0n) is 15.7. The van der Waals surface area contributed by atoms with Crippen molar-refractivity contribution in [2.75, 3.05) is 19.4 Å². The third-order valence-electron chi connectivity index (χ3n) is 4.73. The van der Waals surface area contributed by atoms with Crippen LogP contribution in [0.2, 0.25) is 0 Å². The van der Waals surface area contributed by atoms with Gasteiger partial charge in [0, 0.05) is 18.2 Å². The van der Waals surface area contributed by atoms with Crippen molar-refractivity contribution in [1.82, 2.24) is 20.1 Å². The van der Waals surface area contributed by atoms with E-state index in [2.05, 4.69) is 26.7 Å². The molecule has 1 aromatic heterocycles. The van der Waals surface area contributed by atoms with E-state index in [-0.39, 0.29) is 5.91 Å². The summed E-state index contributed by atoms with van der Waals surface area (Å²) < 4.78 is 7.48. The van der Waals surface area contributed by atoms with Gasteiger partial charge in [-0.05, 0) is 37.1 Å². The molecule has 0 spiro atoms. The van der Waals surface area contributed by atoms with E-state index in [4.69, 9.17) is 4.74 Å². The van der Waals surface area contributed by atoms with E-state index in [0.29, 0.717) is 18.3 Å². The lowest BCUT2D eigenvalue weighted by Gasteiger charge is -2.25. The average molecular weight is 387 g/mol. The molecule has 27 heavy (non-hydrogen) atoms. The van der Waals surface area contributed by atoms with Crippen LogP contribution in [0.5, 0.6) is 5.75 Å². The first kappa shape index (κ1) is 19.5. The molecule has 1 fully saturated rings. The van der Waals surface area contributed by atoms with E-state index in [1.807, 2.05) is 24.3 Å². The highest BCUT2D eigenvalue weighted by Gasteiger charge is 2.24. The molecule has 6 nitrogen and oxygen atoms in total. The maximum Gasteiger partial charge on any atom is 0.230 e. The molecule has 1 N–H and O–H groups in total. The predicted molar refractivity (Wildman–Crippen MR) is 108 cm³/mol. The third-order valence-corrected chi connectivity index (χ3v) is 5.67. The minimum absolute atomic E-state index is 0.0240. The van der Waals surface area contributed by atoms with Gasteiger partial charge in [-0.25, -0.2) is 0 Å². The van der Waals surface area contributed by atoms with Crippen molar-refractivity contribution >= 4 is 17.7 Å². The number of methoxy groups -OCH3 is 1. The fourth-order valence-electron chi connectivity index (χ4n) is 3.35. The normalized spacial score (nSPS) is 14.7. The maximum atomic E-state index is 12.0. The van der Waals surface area contributed by atoms with Crippen LogP contribution < -0.4 is 10.1 Å². The number of ether oxygens (including phenoxy) is 1. The summed E-state index contributed by atoms with van der Waals surface area (Å²) in [5, 5.41) is 12.5. The van der Waals surface area contributed by atoms with Crippen molar-refractivity contribution in [3.8, 4) is 17.1 Å². The molecule has 0 unspecified atom stereocenters. The standard InChI is InChI=1S/C20H26N4O2S/c1-3-13-21-18(25)14-27-20-23-22-19(15-9-11-17(26-2)12-10-15)24(20)16-7-5-4-6-8-16/h3,9-12,16H,1,4-8,13-14H2,2H3,(H,21,25). The van der Waals surface area contributed by atoms with Crippen LogP contribution in [0.15, 0.2) is 42.1 Å². The Bertz CT molecular complexity index is 767. The first-order valence-corrected chi connectivity index (χ1v) is 10.3. The predicted octanol–water partition coefficient (Wildman–Crippen LogP) is 3.85. The Hall–Kier alpha value is -2.28. The van der Waals surface area contributed by atoms with Gasteiger partial charge >= 0.3 is 0 Å². The van der Waals surface area contributed by atoms with Crippen LogP contribution >= 0.6 is 11.8 Å². The van der Waals surface area contributed by atoms with Crippen LogP contribution in [-0.4, -0.2) is 40.1 Å². The Kier molecular flexibility index (Phi) is 6.92. The van der Waals surface area contributed by atoms with Crippen molar-refractivity contribution in [1.29, 1.82) is 0 Å². The molecule has 1 aromatic carbocycles. The number of hydrogen-bond donors (Lipinski definition) is 1. The Morgan fingerprint density at radius 1 is 1.30 bits per heavy atom. The number of amides is 1. The van der Waals surface area contributed by atoms with Gasteiger partial charge < -0.3 is 10.1 Å². The summed E-state index contributed by atoms with van der Waals surface area (Å²) in [5.74, 6) is 1.97. The molecule has 0 aliphatic heterocycles. The van der Waals surface area contributed by atoms with E-state index in [1.54, 1.807) is 13.2 Å². The first-order chi connectivity index (χ1) is 13.2. The number of aromatic nitrogens is 3. The monoisotopic (exact) mass is 386 g/mol. The third kappa shape index (κ3) is 4.91. The molecule has 1 aliphatic carbocycles. The van der Waals surface area contributed by atoms with Crippen LogP contribution in [0.1, 0.15) is 38.1 Å². The second-order valence-corrected chi connectivity index (χ2v) is 7.52. The smallest absolute Gasteiger partial charge is 0.230 e. The highest BCUT2D eigenvalue weighted by molar-refractivity contribution is 7.99. The van der Waals surface area contributed by atoms with Crippen LogP contribution in [0.4, 0.5) is 0 Å². The zero-order chi connectivity index (χ0) is 19.1. The maximum absolute atomic E-state index is 12.0. The minimum atomic E-state index is -0.0240. The SMILES string of the molecule is C=CCNC(=O)CSc1nnc(-c2ccc(OC)cc2)n1C1CCCCC1. The van der Waals surface area contributed by atoms with E-state index >= 15 is 0 Å². The summed E-state index contributed by atoms with van der Waals surface area (Å²) >= 11 is 1.44. The molecule has 144 valence electrons. The van der Waals surface area contributed by atoms with Gasteiger partial charge in [-0.1, -0.05) is 37.1 Å². The summed E-state index contributed by atoms with van der Waals surface area (Å²) in [6.45, 7) is 4.10. The van der Waals surface area contributed by atoms with Gasteiger partial charge in [0.05, 0.1) is 12.9 Å². The fourth-order valence-corrected chi connectivity index (χ4v) is 4.18. The van der Waals surface area contributed by atoms with Crippen molar-refractivity contribution in [3.05, 3.63) is 36.9 Å². The van der Waals surface area contributed by atoms with Crippen LogP contribution in [0, 0.1) is 0 Å². The van der Waals surface area contributed by atoms with Crippen LogP contribution in [0.25, 0.3) is 11.4 Å². The molecule has 0 saturated heterocycles. The quantitative estimate of drug-likeness (QED) is 0.551. The van der Waals surface area contributed by atoms with E-state index in [0.717, 1.165) is 35.1 Å². The Labute approximate surface area is 164 Å². The Morgan fingerprint density at radius 3 is 2.70 bits per heavy atom. The molecule has 1 heterocycles. The van der Waals surface area contributed by atoms with Crippen molar-refractivity contribution in [2.24, 2.45) is 0 Å². The van der Waals surface area contributed by atoms with Crippen LogP contribution in [0.3, 0.4) is 0 Å². The van der Waals surface area contributed by atoms with E-state index in [9.17, 15) is 4.79 Å². The van der Waals surface area contributed by atoms with Crippen molar-refractivity contribution < 1.29 is 9.53 Å². The second kappa shape index (κ2) is 9.60. The lowest BCUT2D eigenvalue weighted by molar-refractivity contribution is -0.118. The molecule has 0 radical (unpaired) electrons. The number of nitrogens with zero attached hydrogens (tertiary/aromatic N) is 3. The van der Waals surface area contributed by atoms with Crippen molar-refractivity contribution in [2.45, 2.75) is 43.3 Å². The van der Waals surface area contributed by atoms with Gasteiger partial charge in [-0.2, -0.15) is 0 Å². The van der Waals surface area contributed by atoms with Gasteiger partial charge in [0.1, 0.15) is 5.75 Å². The molecule has 1 aliphatic rings. The summed E-state index contributed by atoms with van der Waals surface area (Å²) in [7, 11) is 1.66. The minimum Gasteiger partial charge on any atom is -0.497 e. The second-order valence-electron chi connectivity index (χ2n) is 6.58. The number of hydrogen-bond acceptors (Lipinski definition) is 5. The van der Waals surface area contributed by atoms with Gasteiger partial charge in [0.2, 0.25) is 5.91 Å². The van der Waals surface area contributed by atoms with Gasteiger partial charge in [-0.3, -0.25) is 9.36 Å². The molecule has 1 saturated carbocycles. The Morgan fingerprint density at radius 2 is 2.04 bits per heavy atom. The van der Waals surface area contributed by atoms with E-state index < -0.39 is 0 Å². The van der Waals surface area contributed by atoms with E-state index in [1.165, 1.54) is 31.0 Å². The Balaban J connectivity index is 1.85. The number of rotatable bonds is 8. The number of thioether (sulfide) groups is 1. The lowest BCUT2D eigenvalue weighted by atomic mass is 9.95. The highest BCUT2D eigenvalue weighted by Crippen LogP contribution is 2.35. The fraction of sp³-hybridized carbons (Fsp3) is 0.450. The average Bonchev–Trinajstić information content (AvgIpc) is 3.15. The summed E-state index contributed by atoms with van der Waals surface area (Å²) in [6.07, 6.45) is 7.64. The zero-order valence-corrected chi connectivity index (χ0v) is 16.5. The van der Waals surface area contributed by atoms with Gasteiger partial charge in [0.15, 0.2) is 11.0 Å². The molecular weight excluding hydrogens is 360 g/mol. The number of carbonyl (C=O) groups is 1. The van der Waals surface area contributed by atoms with Crippen LogP contribution in [-0.2, 0) is 4.79 Å². The van der Waals surface area contributed by atoms with Gasteiger partial charge in [0.25, 0.3) is 0 Å². The summed E-state index contributed by atoms with van der Waals surface area (Å²) in [6, 6.07) is 8.26. The van der Waals surface area contributed by atoms with Crippen molar-refractivity contribution in [3.63, 3.8) is 0 Å². The molecule has 3 rings (SSSR count). The molecule has 2 aromatic rings. The molecular formula is C20H26N4O2S. The highest BCUT2D eigenvalue weighted by atomic mass is 32.2. The van der Waals surface area contributed by atoms with Gasteiger partial charge in [-0.15, -0.1) is 16.8 Å². The lowest BCUT2D eigenvalue weighted by Crippen LogP contribution is -2.25. The number of benzene rings is 1. The number of nitrogens with one attached hydrogen (secondary N) is 1. The largest absolute Gasteiger partial charge is 0.497 e. The molecule has 0 bridgehead atoms. The topological polar surface area (TPSA) is 69.0 Å². The summed E-state index contributed by atoms with van der Waals surface area (Å²) in [5.41, 5.74) is 1.01. The summed E-state index contributed by atoms with van der Waals surface area (Å²) in [4.78, 5) is 12.0. The molecule has 7 heteroatoms.